The molecule has 0 fully saturated rings. The van der Waals surface area contributed by atoms with Gasteiger partial charge in [0, 0.05) is 20.7 Å². The SMILES string of the molecule is CCNS(=O)(=O)c1scc(Nc2n[s+]([O-])nc2N[C@H](CC)c2ccc(C)o2)c1O. The molecule has 2 atom stereocenters. The van der Waals surface area contributed by atoms with Crippen molar-refractivity contribution in [1.82, 2.24) is 13.5 Å². The number of aromatic nitrogens is 2. The maximum atomic E-state index is 12.1. The van der Waals surface area contributed by atoms with Crippen LogP contribution in [0.15, 0.2) is 26.1 Å². The third-order valence-corrected chi connectivity index (χ3v) is 7.69. The number of hydrogen-bond donors (Lipinski definition) is 4. The van der Waals surface area contributed by atoms with Crippen molar-refractivity contribution >= 4 is 49.8 Å². The van der Waals surface area contributed by atoms with Gasteiger partial charge in [-0.05, 0) is 25.5 Å². The maximum absolute atomic E-state index is 12.1. The van der Waals surface area contributed by atoms with Crippen LogP contribution in [0.4, 0.5) is 17.3 Å². The van der Waals surface area contributed by atoms with Gasteiger partial charge < -0.3 is 24.7 Å². The molecule has 0 saturated carbocycles. The number of aromatic hydroxyl groups is 1. The van der Waals surface area contributed by atoms with E-state index in [1.54, 1.807) is 6.92 Å². The molecule has 0 amide bonds. The molecule has 13 heteroatoms. The van der Waals surface area contributed by atoms with Gasteiger partial charge in [0.05, 0.1) is 11.7 Å². The Morgan fingerprint density at radius 3 is 2.66 bits per heavy atom. The van der Waals surface area contributed by atoms with Crippen molar-refractivity contribution in [2.24, 2.45) is 0 Å². The first kappa shape index (κ1) is 21.5. The molecule has 0 spiro atoms. The Morgan fingerprint density at radius 2 is 2.03 bits per heavy atom. The fraction of sp³-hybridized carbons (Fsp3) is 0.375. The smallest absolute Gasteiger partial charge is 0.253 e. The fourth-order valence-corrected chi connectivity index (χ4v) is 5.56. The van der Waals surface area contributed by atoms with Crippen molar-refractivity contribution < 1.29 is 22.5 Å². The maximum Gasteiger partial charge on any atom is 0.253 e. The molecule has 4 N–H and O–H groups in total. The van der Waals surface area contributed by atoms with Crippen molar-refractivity contribution in [3.63, 3.8) is 0 Å². The molecule has 0 saturated heterocycles. The van der Waals surface area contributed by atoms with E-state index in [1.165, 1.54) is 5.38 Å². The van der Waals surface area contributed by atoms with E-state index in [-0.39, 0.29) is 34.1 Å². The number of nitrogens with zero attached hydrogens (tertiary/aromatic N) is 2. The summed E-state index contributed by atoms with van der Waals surface area (Å²) in [5.74, 6) is 1.38. The van der Waals surface area contributed by atoms with Crippen LogP contribution in [0.1, 0.15) is 37.8 Å². The average Bonchev–Trinajstić information content (AvgIpc) is 3.33. The first-order valence-electron chi connectivity index (χ1n) is 8.75. The highest BCUT2D eigenvalue weighted by atomic mass is 32.2. The van der Waals surface area contributed by atoms with Gasteiger partial charge in [-0.25, -0.2) is 13.1 Å². The molecule has 0 aliphatic rings. The Labute approximate surface area is 175 Å². The Kier molecular flexibility index (Phi) is 6.43. The van der Waals surface area contributed by atoms with Gasteiger partial charge >= 0.3 is 0 Å². The van der Waals surface area contributed by atoms with Crippen LogP contribution < -0.4 is 15.4 Å². The predicted octanol–water partition coefficient (Wildman–Crippen LogP) is 3.48. The highest BCUT2D eigenvalue weighted by Crippen LogP contribution is 2.40. The van der Waals surface area contributed by atoms with Crippen LogP contribution in [-0.4, -0.2) is 33.4 Å². The van der Waals surface area contributed by atoms with Crippen molar-refractivity contribution in [2.75, 3.05) is 17.2 Å². The molecule has 0 aliphatic carbocycles. The van der Waals surface area contributed by atoms with Gasteiger partial charge in [-0.1, -0.05) is 13.8 Å². The van der Waals surface area contributed by atoms with E-state index >= 15 is 0 Å². The van der Waals surface area contributed by atoms with Crippen LogP contribution in [0.2, 0.25) is 0 Å². The Bertz CT molecular complexity index is 1090. The molecule has 3 aromatic rings. The van der Waals surface area contributed by atoms with Crippen molar-refractivity contribution in [1.29, 1.82) is 0 Å². The van der Waals surface area contributed by atoms with Crippen molar-refractivity contribution in [3.8, 4) is 5.75 Å². The molecule has 1 unspecified atom stereocenters. The topological polar surface area (TPSA) is 152 Å². The van der Waals surface area contributed by atoms with Crippen molar-refractivity contribution in [3.05, 3.63) is 29.0 Å². The summed E-state index contributed by atoms with van der Waals surface area (Å²) in [7, 11) is -3.81. The second-order valence-corrected chi connectivity index (χ2v) is 9.74. The van der Waals surface area contributed by atoms with Crippen molar-refractivity contribution in [2.45, 2.75) is 37.4 Å². The van der Waals surface area contributed by atoms with E-state index in [2.05, 4.69) is 24.1 Å². The van der Waals surface area contributed by atoms with Crippen LogP contribution in [-0.2, 0) is 10.0 Å². The summed E-state index contributed by atoms with van der Waals surface area (Å²) < 4.78 is 51.8. The van der Waals surface area contributed by atoms with E-state index in [1.807, 2.05) is 26.0 Å². The predicted molar refractivity (Wildman–Crippen MR) is 111 cm³/mol. The fourth-order valence-electron chi connectivity index (χ4n) is 2.62. The molecule has 0 bridgehead atoms. The lowest BCUT2D eigenvalue weighted by Crippen LogP contribution is -2.22. The summed E-state index contributed by atoms with van der Waals surface area (Å²) in [6.07, 6.45) is 0.667. The Hall–Kier alpha value is -2.19. The van der Waals surface area contributed by atoms with Crippen LogP contribution in [0.25, 0.3) is 0 Å². The summed E-state index contributed by atoms with van der Waals surface area (Å²) in [6, 6.07) is 3.46. The van der Waals surface area contributed by atoms with Crippen LogP contribution >= 0.6 is 22.5 Å². The number of rotatable bonds is 9. The third-order valence-electron chi connectivity index (χ3n) is 3.95. The quantitative estimate of drug-likeness (QED) is 0.352. The molecular weight excluding hydrogens is 438 g/mol. The van der Waals surface area contributed by atoms with Gasteiger partial charge in [0.2, 0.25) is 11.6 Å². The second-order valence-electron chi connectivity index (χ2n) is 6.08. The second kappa shape index (κ2) is 8.67. The molecule has 3 heterocycles. The number of nitrogens with one attached hydrogen (secondary N) is 3. The molecule has 0 aromatic carbocycles. The summed E-state index contributed by atoms with van der Waals surface area (Å²) in [6.45, 7) is 5.63. The molecule has 29 heavy (non-hydrogen) atoms. The summed E-state index contributed by atoms with van der Waals surface area (Å²) in [5, 5.41) is 17.7. The molecule has 10 nitrogen and oxygen atoms in total. The van der Waals surface area contributed by atoms with Crippen LogP contribution in [0, 0.1) is 6.92 Å². The highest BCUT2D eigenvalue weighted by molar-refractivity contribution is 7.91. The lowest BCUT2D eigenvalue weighted by molar-refractivity contribution is 0.452. The number of anilines is 3. The van der Waals surface area contributed by atoms with Gasteiger partial charge in [0.15, 0.2) is 21.1 Å². The highest BCUT2D eigenvalue weighted by Gasteiger charge is 2.26. The minimum atomic E-state index is -3.81. The Morgan fingerprint density at radius 1 is 1.31 bits per heavy atom. The van der Waals surface area contributed by atoms with E-state index in [0.29, 0.717) is 12.2 Å². The van der Waals surface area contributed by atoms with Gasteiger partial charge in [-0.15, -0.1) is 11.3 Å². The molecule has 158 valence electrons. The van der Waals surface area contributed by atoms with Gasteiger partial charge in [-0.3, -0.25) is 0 Å². The normalized spacial score (nSPS) is 13.4. The molecule has 0 aliphatic heterocycles. The van der Waals surface area contributed by atoms with Gasteiger partial charge in [0.25, 0.3) is 10.0 Å². The van der Waals surface area contributed by atoms with E-state index in [9.17, 15) is 18.1 Å². The minimum Gasteiger partial charge on any atom is -0.546 e. The monoisotopic (exact) mass is 459 g/mol. The van der Waals surface area contributed by atoms with Crippen LogP contribution in [0.3, 0.4) is 0 Å². The van der Waals surface area contributed by atoms with E-state index < -0.39 is 26.9 Å². The Balaban J connectivity index is 1.86. The number of aryl methyl sites for hydroxylation is 1. The zero-order valence-electron chi connectivity index (χ0n) is 15.9. The first-order valence-corrected chi connectivity index (χ1v) is 12.2. The lowest BCUT2D eigenvalue weighted by atomic mass is 10.2. The van der Waals surface area contributed by atoms with Crippen LogP contribution in [0.5, 0.6) is 5.75 Å². The van der Waals surface area contributed by atoms with E-state index in [4.69, 9.17) is 4.42 Å². The van der Waals surface area contributed by atoms with Gasteiger partial charge in [0.1, 0.15) is 11.5 Å². The standard InChI is InChI=1S/C16H21N5O5S3/c1-4-10(12-7-6-9(3)26-12)18-14-15(21-28(23)20-14)19-11-8-27-16(13(11)22)29(24,25)17-5-2/h6-8,10,17,22H,4-5H2,1-3H3,(H,18,20)(H,19,21)/t10-,28?/m1/s1. The zero-order chi connectivity index (χ0) is 21.2. The van der Waals surface area contributed by atoms with Gasteiger partial charge in [-0.2, -0.15) is 0 Å². The third kappa shape index (κ3) is 4.70. The molecule has 3 rings (SSSR count). The number of sulfonamides is 1. The summed E-state index contributed by atoms with van der Waals surface area (Å²) >= 11 is -0.977. The zero-order valence-corrected chi connectivity index (χ0v) is 18.4. The number of furan rings is 1. The summed E-state index contributed by atoms with van der Waals surface area (Å²) in [4.78, 5) is 0. The average molecular weight is 460 g/mol. The van der Waals surface area contributed by atoms with E-state index in [0.717, 1.165) is 17.1 Å². The lowest BCUT2D eigenvalue weighted by Gasteiger charge is -2.14. The number of hydrogen-bond acceptors (Lipinski definition) is 10. The number of thiophene rings is 1. The molecular formula is C16H21N5O5S3. The molecule has 0 radical (unpaired) electrons. The molecule has 3 aromatic heterocycles. The largest absolute Gasteiger partial charge is 0.546 e. The summed E-state index contributed by atoms with van der Waals surface area (Å²) in [5.41, 5.74) is 0.125. The first-order chi connectivity index (χ1) is 13.7. The minimum absolute atomic E-state index is 0.125.